The molecule has 2 aromatic heterocycles. The molecule has 29 heavy (non-hydrogen) atoms. The molecule has 2 aromatic carbocycles. The van der Waals surface area contributed by atoms with E-state index in [9.17, 15) is 4.79 Å². The van der Waals surface area contributed by atoms with E-state index < -0.39 is 5.91 Å². The molecule has 0 atom stereocenters. The van der Waals surface area contributed by atoms with Crippen LogP contribution in [0.4, 0.5) is 5.69 Å². The minimum absolute atomic E-state index is 0.0458. The van der Waals surface area contributed by atoms with E-state index in [1.165, 1.54) is 0 Å². The molecule has 0 aliphatic heterocycles. The van der Waals surface area contributed by atoms with Crippen molar-refractivity contribution in [2.45, 2.75) is 13.3 Å². The molecule has 0 radical (unpaired) electrons. The molecule has 4 aromatic rings. The lowest BCUT2D eigenvalue weighted by Crippen LogP contribution is -2.18. The van der Waals surface area contributed by atoms with Crippen molar-refractivity contribution in [2.75, 3.05) is 5.73 Å². The summed E-state index contributed by atoms with van der Waals surface area (Å²) < 4.78 is 0. The molecular formula is C21H17N7O. The molecule has 0 unspecified atom stereocenters. The molecule has 0 aliphatic carbocycles. The van der Waals surface area contributed by atoms with Crippen molar-refractivity contribution in [1.29, 1.82) is 5.26 Å². The zero-order valence-electron chi connectivity index (χ0n) is 15.6. The number of nitriles is 1. The van der Waals surface area contributed by atoms with Gasteiger partial charge in [0.05, 0.1) is 35.6 Å². The van der Waals surface area contributed by atoms with Crippen LogP contribution in [-0.4, -0.2) is 26.1 Å². The van der Waals surface area contributed by atoms with Gasteiger partial charge in [-0.2, -0.15) is 10.4 Å². The summed E-state index contributed by atoms with van der Waals surface area (Å²) in [4.78, 5) is 21.0. The summed E-state index contributed by atoms with van der Waals surface area (Å²) in [5.41, 5.74) is 16.3. The van der Waals surface area contributed by atoms with Crippen LogP contribution in [0.25, 0.3) is 33.5 Å². The van der Waals surface area contributed by atoms with Crippen LogP contribution in [0, 0.1) is 18.3 Å². The Morgan fingerprint density at radius 2 is 2.07 bits per heavy atom. The molecular weight excluding hydrogens is 366 g/mol. The lowest BCUT2D eigenvalue weighted by atomic mass is 9.99. The Labute approximate surface area is 166 Å². The molecule has 5 N–H and O–H groups in total. The third-order valence-corrected chi connectivity index (χ3v) is 4.72. The summed E-state index contributed by atoms with van der Waals surface area (Å²) in [5, 5.41) is 16.8. The van der Waals surface area contributed by atoms with Gasteiger partial charge in [-0.15, -0.1) is 0 Å². The summed E-state index contributed by atoms with van der Waals surface area (Å²) in [6, 6.07) is 13.2. The van der Waals surface area contributed by atoms with Gasteiger partial charge in [0.25, 0.3) is 5.91 Å². The first-order chi connectivity index (χ1) is 14.0. The number of rotatable bonds is 4. The minimum Gasteiger partial charge on any atom is -0.395 e. The normalized spacial score (nSPS) is 10.8. The molecule has 0 aliphatic rings. The lowest BCUT2D eigenvalue weighted by Gasteiger charge is -2.14. The minimum atomic E-state index is -0.738. The Kier molecular flexibility index (Phi) is 4.41. The molecule has 142 valence electrons. The van der Waals surface area contributed by atoms with Crippen LogP contribution in [0.1, 0.15) is 21.6 Å². The molecule has 0 saturated carbocycles. The molecule has 0 spiro atoms. The van der Waals surface area contributed by atoms with Crippen LogP contribution in [0.15, 0.2) is 42.6 Å². The van der Waals surface area contributed by atoms with Crippen molar-refractivity contribution < 1.29 is 4.79 Å². The fraction of sp³-hybridized carbons (Fsp3) is 0.0952. The summed E-state index contributed by atoms with van der Waals surface area (Å²) in [7, 11) is 0. The first kappa shape index (κ1) is 18.1. The number of carbonyl (C=O) groups is 1. The average molecular weight is 383 g/mol. The maximum atomic E-state index is 12.0. The number of aromatic nitrogens is 4. The van der Waals surface area contributed by atoms with Crippen LogP contribution >= 0.6 is 0 Å². The number of nitrogen functional groups attached to an aromatic ring is 1. The second-order valence-corrected chi connectivity index (χ2v) is 6.65. The maximum Gasteiger partial charge on any atom is 0.269 e. The number of nitrogens with one attached hydrogen (secondary N) is 1. The van der Waals surface area contributed by atoms with Crippen LogP contribution in [0.2, 0.25) is 0 Å². The predicted molar refractivity (Wildman–Crippen MR) is 110 cm³/mol. The highest BCUT2D eigenvalue weighted by Gasteiger charge is 2.21. The fourth-order valence-corrected chi connectivity index (χ4v) is 3.33. The highest BCUT2D eigenvalue weighted by Crippen LogP contribution is 2.35. The number of primary amides is 1. The first-order valence-electron chi connectivity index (χ1n) is 8.86. The highest BCUT2D eigenvalue weighted by atomic mass is 16.1. The Bertz CT molecular complexity index is 1300. The van der Waals surface area contributed by atoms with Crippen LogP contribution in [-0.2, 0) is 6.42 Å². The summed E-state index contributed by atoms with van der Waals surface area (Å²) in [6.45, 7) is 1.93. The Morgan fingerprint density at radius 3 is 2.83 bits per heavy atom. The highest BCUT2D eigenvalue weighted by molar-refractivity contribution is 6.04. The van der Waals surface area contributed by atoms with Crippen molar-refractivity contribution in [1.82, 2.24) is 20.2 Å². The number of hydrogen-bond donors (Lipinski definition) is 3. The van der Waals surface area contributed by atoms with E-state index in [1.807, 2.05) is 43.3 Å². The molecule has 4 rings (SSSR count). The van der Waals surface area contributed by atoms with Gasteiger partial charge >= 0.3 is 0 Å². The zero-order chi connectivity index (χ0) is 20.5. The fourth-order valence-electron chi connectivity index (χ4n) is 3.33. The number of nitrogens with zero attached hydrogens (tertiary/aromatic N) is 4. The van der Waals surface area contributed by atoms with Gasteiger partial charge in [-0.3, -0.25) is 9.89 Å². The van der Waals surface area contributed by atoms with Gasteiger partial charge in [-0.1, -0.05) is 24.3 Å². The van der Waals surface area contributed by atoms with Crippen molar-refractivity contribution >= 4 is 22.5 Å². The third-order valence-electron chi connectivity index (χ3n) is 4.72. The number of aromatic amines is 1. The molecule has 0 fully saturated rings. The van der Waals surface area contributed by atoms with Gasteiger partial charge in [-0.05, 0) is 30.2 Å². The Morgan fingerprint density at radius 1 is 1.24 bits per heavy atom. The number of anilines is 1. The van der Waals surface area contributed by atoms with Gasteiger partial charge in [0.1, 0.15) is 0 Å². The third kappa shape index (κ3) is 3.15. The smallest absolute Gasteiger partial charge is 0.269 e. The summed E-state index contributed by atoms with van der Waals surface area (Å²) >= 11 is 0. The van der Waals surface area contributed by atoms with E-state index in [0.717, 1.165) is 27.6 Å². The van der Waals surface area contributed by atoms with Crippen molar-refractivity contribution in [2.24, 2.45) is 5.73 Å². The standard InChI is InChI=1S/C21H17N7O/c1-11-5-6-15-14(10-25-28-15)16(11)18-17(23)19(20(24)29)27-21(26-18)13-4-2-3-12(9-13)7-8-22/h2-6,9-10H,7,23H2,1H3,(H2,24,29)(H,25,28). The monoisotopic (exact) mass is 383 g/mol. The predicted octanol–water partition coefficient (Wildman–Crippen LogP) is 2.74. The number of nitrogens with two attached hydrogens (primary N) is 2. The van der Waals surface area contributed by atoms with Crippen molar-refractivity contribution in [3.8, 4) is 28.7 Å². The molecule has 1 amide bonds. The number of H-pyrrole nitrogens is 1. The van der Waals surface area contributed by atoms with Crippen LogP contribution < -0.4 is 11.5 Å². The first-order valence-corrected chi connectivity index (χ1v) is 8.86. The number of benzene rings is 2. The molecule has 0 saturated heterocycles. The van der Waals surface area contributed by atoms with E-state index in [-0.39, 0.29) is 17.8 Å². The van der Waals surface area contributed by atoms with Crippen molar-refractivity contribution in [3.63, 3.8) is 0 Å². The molecule has 8 heteroatoms. The quantitative estimate of drug-likeness (QED) is 0.493. The van der Waals surface area contributed by atoms with Gasteiger partial charge in [0.2, 0.25) is 0 Å². The van der Waals surface area contributed by atoms with Gasteiger partial charge in [0.15, 0.2) is 11.5 Å². The SMILES string of the molecule is Cc1ccc2[nH]ncc2c1-c1nc(-c2cccc(CC#N)c2)nc(C(N)=O)c1N. The maximum absolute atomic E-state index is 12.0. The molecule has 2 heterocycles. The molecule has 8 nitrogen and oxygen atoms in total. The Balaban J connectivity index is 2.02. The van der Waals surface area contributed by atoms with E-state index in [4.69, 9.17) is 16.7 Å². The van der Waals surface area contributed by atoms with Crippen LogP contribution in [0.3, 0.4) is 0 Å². The summed E-state index contributed by atoms with van der Waals surface area (Å²) in [6.07, 6.45) is 1.95. The largest absolute Gasteiger partial charge is 0.395 e. The van der Waals surface area contributed by atoms with Gasteiger partial charge < -0.3 is 11.5 Å². The number of hydrogen-bond acceptors (Lipinski definition) is 6. The Hall–Kier alpha value is -4.25. The lowest BCUT2D eigenvalue weighted by molar-refractivity contribution is 0.0996. The second-order valence-electron chi connectivity index (χ2n) is 6.65. The second kappa shape index (κ2) is 7.05. The van der Waals surface area contributed by atoms with Gasteiger partial charge in [-0.25, -0.2) is 9.97 Å². The van der Waals surface area contributed by atoms with Crippen LogP contribution in [0.5, 0.6) is 0 Å². The van der Waals surface area contributed by atoms with E-state index >= 15 is 0 Å². The zero-order valence-corrected chi connectivity index (χ0v) is 15.6. The topological polar surface area (TPSA) is 147 Å². The number of carbonyl (C=O) groups excluding carboxylic acids is 1. The van der Waals surface area contributed by atoms with E-state index in [1.54, 1.807) is 6.20 Å². The number of aryl methyl sites for hydroxylation is 1. The summed E-state index contributed by atoms with van der Waals surface area (Å²) in [5.74, 6) is -0.430. The number of amides is 1. The van der Waals surface area contributed by atoms with E-state index in [2.05, 4.69) is 26.2 Å². The average Bonchev–Trinajstić information content (AvgIpc) is 3.17. The van der Waals surface area contributed by atoms with Gasteiger partial charge in [0, 0.05) is 16.5 Å². The van der Waals surface area contributed by atoms with Crippen molar-refractivity contribution in [3.05, 3.63) is 59.4 Å². The van der Waals surface area contributed by atoms with E-state index in [0.29, 0.717) is 17.1 Å². The number of fused-ring (bicyclic) bond motifs is 1. The molecule has 0 bridgehead atoms.